The zero-order chi connectivity index (χ0) is 13.1. The van der Waals surface area contributed by atoms with E-state index in [9.17, 15) is 17.6 Å². The molecule has 0 radical (unpaired) electrons. The molecule has 96 valence electrons. The third kappa shape index (κ3) is 3.39. The molecule has 0 aromatic heterocycles. The van der Waals surface area contributed by atoms with Gasteiger partial charge in [-0.25, -0.2) is 4.39 Å². The van der Waals surface area contributed by atoms with Crippen molar-refractivity contribution in [2.45, 2.75) is 12.2 Å². The summed E-state index contributed by atoms with van der Waals surface area (Å²) in [4.78, 5) is 0. The summed E-state index contributed by atoms with van der Waals surface area (Å²) in [5.41, 5.74) is 1.20. The number of halogens is 4. The van der Waals surface area contributed by atoms with Crippen molar-refractivity contribution in [2.24, 2.45) is 5.84 Å². The number of ether oxygens (including phenoxy) is 1. The van der Waals surface area contributed by atoms with E-state index in [1.165, 1.54) is 13.2 Å². The molecule has 1 rings (SSSR count). The predicted molar refractivity (Wildman–Crippen MR) is 53.3 cm³/mol. The molecule has 1 unspecified atom stereocenters. The number of nitrogens with two attached hydrogens (primary N) is 1. The molecule has 1 aromatic carbocycles. The minimum absolute atomic E-state index is 0.0828. The van der Waals surface area contributed by atoms with Crippen LogP contribution in [0.5, 0.6) is 0 Å². The number of hydrogen-bond donors (Lipinski definition) is 2. The molecule has 0 aliphatic rings. The van der Waals surface area contributed by atoms with Crippen molar-refractivity contribution in [2.75, 3.05) is 13.7 Å². The van der Waals surface area contributed by atoms with Crippen molar-refractivity contribution in [1.82, 2.24) is 5.43 Å². The predicted octanol–water partition coefficient (Wildman–Crippen LogP) is 2.00. The molecule has 0 fully saturated rings. The summed E-state index contributed by atoms with van der Waals surface area (Å²) in [5.74, 6) is 3.87. The molecule has 0 aliphatic carbocycles. The Labute approximate surface area is 95.5 Å². The average Bonchev–Trinajstić information content (AvgIpc) is 2.25. The standard InChI is InChI=1S/C10H12F4N2O/c1-17-5-9(16-15)6-2-3-8(11)7(4-6)10(12,13)14/h2-4,9,16H,5,15H2,1H3. The SMILES string of the molecule is COCC(NN)c1ccc(F)c(C(F)(F)F)c1. The van der Waals surface area contributed by atoms with Crippen LogP contribution in [0.2, 0.25) is 0 Å². The lowest BCUT2D eigenvalue weighted by Crippen LogP contribution is -2.31. The van der Waals surface area contributed by atoms with Gasteiger partial charge >= 0.3 is 6.18 Å². The zero-order valence-corrected chi connectivity index (χ0v) is 9.01. The van der Waals surface area contributed by atoms with Crippen LogP contribution in [0.25, 0.3) is 0 Å². The van der Waals surface area contributed by atoms with E-state index in [1.54, 1.807) is 0 Å². The monoisotopic (exact) mass is 252 g/mol. The summed E-state index contributed by atoms with van der Waals surface area (Å²) >= 11 is 0. The Hall–Kier alpha value is -1.18. The lowest BCUT2D eigenvalue weighted by atomic mass is 10.0. The summed E-state index contributed by atoms with van der Waals surface area (Å²) in [5, 5.41) is 0. The number of methoxy groups -OCH3 is 1. The van der Waals surface area contributed by atoms with Gasteiger partial charge in [0.2, 0.25) is 0 Å². The lowest BCUT2D eigenvalue weighted by Gasteiger charge is -2.17. The number of nitrogens with one attached hydrogen (secondary N) is 1. The van der Waals surface area contributed by atoms with Gasteiger partial charge < -0.3 is 4.74 Å². The Morgan fingerprint density at radius 1 is 1.41 bits per heavy atom. The highest BCUT2D eigenvalue weighted by atomic mass is 19.4. The first-order valence-corrected chi connectivity index (χ1v) is 4.72. The molecule has 3 N–H and O–H groups in total. The molecule has 7 heteroatoms. The molecule has 0 amide bonds. The van der Waals surface area contributed by atoms with Crippen LogP contribution in [-0.2, 0) is 10.9 Å². The number of hydrazine groups is 1. The van der Waals surface area contributed by atoms with Crippen LogP contribution in [0, 0.1) is 5.82 Å². The minimum Gasteiger partial charge on any atom is -0.383 e. The van der Waals surface area contributed by atoms with Crippen LogP contribution in [-0.4, -0.2) is 13.7 Å². The summed E-state index contributed by atoms with van der Waals surface area (Å²) < 4.78 is 55.2. The van der Waals surface area contributed by atoms with Crippen LogP contribution >= 0.6 is 0 Å². The highest BCUT2D eigenvalue weighted by Crippen LogP contribution is 2.32. The normalized spacial score (nSPS) is 13.8. The first-order chi connectivity index (χ1) is 7.90. The summed E-state index contributed by atoms with van der Waals surface area (Å²) in [6.07, 6.45) is -4.73. The number of benzene rings is 1. The van der Waals surface area contributed by atoms with Crippen molar-refractivity contribution in [3.8, 4) is 0 Å². The average molecular weight is 252 g/mol. The maximum absolute atomic E-state index is 13.0. The quantitative estimate of drug-likeness (QED) is 0.489. The fraction of sp³-hybridized carbons (Fsp3) is 0.400. The fourth-order valence-corrected chi connectivity index (χ4v) is 1.38. The topological polar surface area (TPSA) is 47.3 Å². The Morgan fingerprint density at radius 3 is 2.53 bits per heavy atom. The van der Waals surface area contributed by atoms with Gasteiger partial charge in [-0.1, -0.05) is 6.07 Å². The fourth-order valence-electron chi connectivity index (χ4n) is 1.38. The molecule has 1 aromatic rings. The molecule has 0 heterocycles. The molecule has 0 bridgehead atoms. The molecule has 0 saturated heterocycles. The first kappa shape index (κ1) is 13.9. The van der Waals surface area contributed by atoms with Gasteiger partial charge in [-0.15, -0.1) is 0 Å². The molecule has 17 heavy (non-hydrogen) atoms. The van der Waals surface area contributed by atoms with Crippen LogP contribution in [0.1, 0.15) is 17.2 Å². The Bertz CT molecular complexity index is 381. The van der Waals surface area contributed by atoms with Gasteiger partial charge in [0.05, 0.1) is 18.2 Å². The van der Waals surface area contributed by atoms with Crippen LogP contribution < -0.4 is 11.3 Å². The van der Waals surface area contributed by atoms with E-state index in [-0.39, 0.29) is 12.2 Å². The van der Waals surface area contributed by atoms with Crippen molar-refractivity contribution in [3.63, 3.8) is 0 Å². The van der Waals surface area contributed by atoms with Crippen molar-refractivity contribution < 1.29 is 22.3 Å². The van der Waals surface area contributed by atoms with Gasteiger partial charge in [0.25, 0.3) is 0 Å². The van der Waals surface area contributed by atoms with Crippen LogP contribution in [0.4, 0.5) is 17.6 Å². The van der Waals surface area contributed by atoms with E-state index in [0.717, 1.165) is 12.1 Å². The molecular weight excluding hydrogens is 240 g/mol. The third-order valence-corrected chi connectivity index (χ3v) is 2.23. The second kappa shape index (κ2) is 5.44. The van der Waals surface area contributed by atoms with Gasteiger partial charge in [0.15, 0.2) is 0 Å². The largest absolute Gasteiger partial charge is 0.419 e. The Balaban J connectivity index is 3.11. The van der Waals surface area contributed by atoms with Crippen LogP contribution in [0.3, 0.4) is 0 Å². The van der Waals surface area contributed by atoms with Crippen molar-refractivity contribution in [3.05, 3.63) is 35.1 Å². The third-order valence-electron chi connectivity index (χ3n) is 2.23. The first-order valence-electron chi connectivity index (χ1n) is 4.72. The summed E-state index contributed by atoms with van der Waals surface area (Å²) in [7, 11) is 1.39. The minimum atomic E-state index is -4.73. The number of hydrogen-bond acceptors (Lipinski definition) is 3. The lowest BCUT2D eigenvalue weighted by molar-refractivity contribution is -0.140. The smallest absolute Gasteiger partial charge is 0.383 e. The van der Waals surface area contributed by atoms with E-state index in [4.69, 9.17) is 10.6 Å². The van der Waals surface area contributed by atoms with E-state index in [0.29, 0.717) is 0 Å². The Kier molecular flexibility index (Phi) is 4.44. The van der Waals surface area contributed by atoms with Crippen LogP contribution in [0.15, 0.2) is 18.2 Å². The zero-order valence-electron chi connectivity index (χ0n) is 9.01. The maximum Gasteiger partial charge on any atom is 0.419 e. The highest BCUT2D eigenvalue weighted by molar-refractivity contribution is 5.29. The van der Waals surface area contributed by atoms with Crippen molar-refractivity contribution >= 4 is 0 Å². The second-order valence-electron chi connectivity index (χ2n) is 3.41. The Morgan fingerprint density at radius 2 is 2.06 bits per heavy atom. The summed E-state index contributed by atoms with van der Waals surface area (Å²) in [6.45, 7) is 0.0828. The van der Waals surface area contributed by atoms with E-state index in [2.05, 4.69) is 5.43 Å². The molecule has 3 nitrogen and oxygen atoms in total. The molecule has 0 saturated carbocycles. The number of rotatable bonds is 4. The van der Waals surface area contributed by atoms with Gasteiger partial charge in [-0.2, -0.15) is 13.2 Å². The highest BCUT2D eigenvalue weighted by Gasteiger charge is 2.34. The summed E-state index contributed by atoms with van der Waals surface area (Å²) in [6, 6.07) is 2.09. The maximum atomic E-state index is 13.0. The molecular formula is C10H12F4N2O. The van der Waals surface area contributed by atoms with Gasteiger partial charge in [-0.3, -0.25) is 11.3 Å². The van der Waals surface area contributed by atoms with E-state index in [1.807, 2.05) is 0 Å². The van der Waals surface area contributed by atoms with Gasteiger partial charge in [0.1, 0.15) is 5.82 Å². The molecule has 0 aliphatic heterocycles. The van der Waals surface area contributed by atoms with Crippen molar-refractivity contribution in [1.29, 1.82) is 0 Å². The molecule has 1 atom stereocenters. The van der Waals surface area contributed by atoms with Gasteiger partial charge in [-0.05, 0) is 17.7 Å². The molecule has 0 spiro atoms. The van der Waals surface area contributed by atoms with E-state index < -0.39 is 23.6 Å². The second-order valence-corrected chi connectivity index (χ2v) is 3.41. The number of alkyl halides is 3. The van der Waals surface area contributed by atoms with E-state index >= 15 is 0 Å². The van der Waals surface area contributed by atoms with Gasteiger partial charge in [0, 0.05) is 7.11 Å².